The number of amides is 1. The fraction of sp³-hybridized carbons (Fsp3) is 0.417. The molecule has 0 bridgehead atoms. The molecule has 6 heteroatoms. The SMILES string of the molecule is C=Cc1cc([C@@]2(OC)CN(C(=O)OC(C)(C)C)[C@](C)(C(=O)O)C2)cc2ccccc12. The molecular formula is C24H29NO5. The zero-order valence-corrected chi connectivity index (χ0v) is 18.2. The molecule has 2 aromatic carbocycles. The Morgan fingerprint density at radius 3 is 2.47 bits per heavy atom. The van der Waals surface area contributed by atoms with Crippen LogP contribution in [0, 0.1) is 0 Å². The Labute approximate surface area is 177 Å². The molecular weight excluding hydrogens is 382 g/mol. The lowest BCUT2D eigenvalue weighted by molar-refractivity contribution is -0.148. The summed E-state index contributed by atoms with van der Waals surface area (Å²) in [4.78, 5) is 26.4. The third kappa shape index (κ3) is 3.67. The van der Waals surface area contributed by atoms with Crippen LogP contribution in [0.4, 0.5) is 4.79 Å². The summed E-state index contributed by atoms with van der Waals surface area (Å²) in [5.41, 5.74) is -1.48. The van der Waals surface area contributed by atoms with Gasteiger partial charge in [-0.2, -0.15) is 0 Å². The number of nitrogens with zero attached hydrogens (tertiary/aromatic N) is 1. The highest BCUT2D eigenvalue weighted by Gasteiger charge is 2.59. The zero-order valence-electron chi connectivity index (χ0n) is 18.2. The van der Waals surface area contributed by atoms with Crippen LogP contribution in [0.5, 0.6) is 0 Å². The summed E-state index contributed by atoms with van der Waals surface area (Å²) in [7, 11) is 1.55. The Kier molecular flexibility index (Phi) is 5.41. The van der Waals surface area contributed by atoms with Gasteiger partial charge in [-0.05, 0) is 61.7 Å². The van der Waals surface area contributed by atoms with E-state index >= 15 is 0 Å². The summed E-state index contributed by atoms with van der Waals surface area (Å²) in [5.74, 6) is -1.10. The van der Waals surface area contributed by atoms with Gasteiger partial charge in [-0.15, -0.1) is 0 Å². The monoisotopic (exact) mass is 411 g/mol. The summed E-state index contributed by atoms with van der Waals surface area (Å²) in [5, 5.41) is 12.1. The van der Waals surface area contributed by atoms with Crippen LogP contribution in [0.2, 0.25) is 0 Å². The summed E-state index contributed by atoms with van der Waals surface area (Å²) in [6.45, 7) is 10.8. The second kappa shape index (κ2) is 7.43. The second-order valence-electron chi connectivity index (χ2n) is 9.01. The molecule has 0 unspecified atom stereocenters. The van der Waals surface area contributed by atoms with Crippen molar-refractivity contribution in [1.82, 2.24) is 4.90 Å². The minimum absolute atomic E-state index is 0.0656. The highest BCUT2D eigenvalue weighted by molar-refractivity contribution is 5.91. The number of carbonyl (C=O) groups is 2. The molecule has 0 radical (unpaired) electrons. The lowest BCUT2D eigenvalue weighted by Gasteiger charge is -2.32. The Morgan fingerprint density at radius 1 is 1.23 bits per heavy atom. The number of carbonyl (C=O) groups excluding carboxylic acids is 1. The predicted octanol–water partition coefficient (Wildman–Crippen LogP) is 4.81. The molecule has 1 heterocycles. The molecule has 3 rings (SSSR count). The number of aliphatic carboxylic acids is 1. The number of likely N-dealkylation sites (tertiary alicyclic amines) is 1. The third-order valence-corrected chi connectivity index (χ3v) is 5.74. The van der Waals surface area contributed by atoms with E-state index in [1.807, 2.05) is 36.4 Å². The van der Waals surface area contributed by atoms with Gasteiger partial charge in [0.2, 0.25) is 0 Å². The van der Waals surface area contributed by atoms with Gasteiger partial charge in [0.05, 0.1) is 6.54 Å². The Hall–Kier alpha value is -2.86. The first-order valence-corrected chi connectivity index (χ1v) is 9.91. The standard InChI is InChI=1S/C24H29NO5/c1-7-16-12-18(13-17-10-8-9-11-19(16)17)24(29-6)14-23(5,20(26)27)25(15-24)21(28)30-22(2,3)4/h7-13H,1,14-15H2,2-6H3,(H,26,27)/t23-,24-/m0/s1. The quantitative estimate of drug-likeness (QED) is 0.781. The summed E-state index contributed by atoms with van der Waals surface area (Å²) in [6.07, 6.45) is 1.20. The van der Waals surface area contributed by atoms with Crippen molar-refractivity contribution < 1.29 is 24.2 Å². The number of ether oxygens (including phenoxy) is 2. The predicted molar refractivity (Wildman–Crippen MR) is 116 cm³/mol. The van der Waals surface area contributed by atoms with Gasteiger partial charge in [0.15, 0.2) is 0 Å². The average Bonchev–Trinajstić information content (AvgIpc) is 3.01. The molecule has 2 atom stereocenters. The Balaban J connectivity index is 2.13. The van der Waals surface area contributed by atoms with Crippen molar-refractivity contribution in [3.63, 3.8) is 0 Å². The van der Waals surface area contributed by atoms with Gasteiger partial charge in [0.1, 0.15) is 16.7 Å². The molecule has 0 aromatic heterocycles. The first kappa shape index (κ1) is 21.8. The largest absolute Gasteiger partial charge is 0.480 e. The normalized spacial score (nSPS) is 24.1. The van der Waals surface area contributed by atoms with Gasteiger partial charge in [-0.1, -0.05) is 36.9 Å². The van der Waals surface area contributed by atoms with E-state index in [1.54, 1.807) is 34.0 Å². The summed E-state index contributed by atoms with van der Waals surface area (Å²) >= 11 is 0. The van der Waals surface area contributed by atoms with Crippen molar-refractivity contribution in [2.75, 3.05) is 13.7 Å². The number of methoxy groups -OCH3 is 1. The fourth-order valence-electron chi connectivity index (χ4n) is 4.13. The summed E-state index contributed by atoms with van der Waals surface area (Å²) < 4.78 is 11.5. The van der Waals surface area contributed by atoms with E-state index in [-0.39, 0.29) is 13.0 Å². The molecule has 1 aliphatic heterocycles. The molecule has 160 valence electrons. The molecule has 0 aliphatic carbocycles. The lowest BCUT2D eigenvalue weighted by Crippen LogP contribution is -2.52. The van der Waals surface area contributed by atoms with Crippen LogP contribution in [0.15, 0.2) is 43.0 Å². The maximum atomic E-state index is 12.9. The van der Waals surface area contributed by atoms with Gasteiger partial charge in [0.25, 0.3) is 0 Å². The molecule has 1 N–H and O–H groups in total. The van der Waals surface area contributed by atoms with Gasteiger partial charge < -0.3 is 14.6 Å². The summed E-state index contributed by atoms with van der Waals surface area (Å²) in [6, 6.07) is 11.9. The maximum Gasteiger partial charge on any atom is 0.411 e. The van der Waals surface area contributed by atoms with Crippen molar-refractivity contribution in [3.05, 3.63) is 54.1 Å². The van der Waals surface area contributed by atoms with Crippen LogP contribution in [0.25, 0.3) is 16.8 Å². The number of carboxylic acids is 1. The molecule has 1 saturated heterocycles. The van der Waals surface area contributed by atoms with Crippen LogP contribution < -0.4 is 0 Å². The number of hydrogen-bond acceptors (Lipinski definition) is 4. The molecule has 1 amide bonds. The van der Waals surface area contributed by atoms with Gasteiger partial charge >= 0.3 is 12.1 Å². The van der Waals surface area contributed by atoms with Crippen molar-refractivity contribution in [1.29, 1.82) is 0 Å². The average molecular weight is 411 g/mol. The molecule has 6 nitrogen and oxygen atoms in total. The molecule has 0 saturated carbocycles. The molecule has 2 aromatic rings. The number of carboxylic acid groups (broad SMARTS) is 1. The van der Waals surface area contributed by atoms with Crippen LogP contribution in [0.3, 0.4) is 0 Å². The maximum absolute atomic E-state index is 12.9. The van der Waals surface area contributed by atoms with Crippen LogP contribution in [0.1, 0.15) is 45.2 Å². The molecule has 1 fully saturated rings. The highest BCUT2D eigenvalue weighted by Crippen LogP contribution is 2.46. The second-order valence-corrected chi connectivity index (χ2v) is 9.01. The number of rotatable bonds is 4. The third-order valence-electron chi connectivity index (χ3n) is 5.74. The topological polar surface area (TPSA) is 76.1 Å². The van der Waals surface area contributed by atoms with Crippen LogP contribution in [-0.2, 0) is 19.9 Å². The minimum Gasteiger partial charge on any atom is -0.480 e. The number of hydrogen-bond donors (Lipinski definition) is 1. The minimum atomic E-state index is -1.47. The fourth-order valence-corrected chi connectivity index (χ4v) is 4.13. The smallest absolute Gasteiger partial charge is 0.411 e. The van der Waals surface area contributed by atoms with Crippen molar-refractivity contribution in [2.45, 2.75) is 50.9 Å². The van der Waals surface area contributed by atoms with Crippen molar-refractivity contribution in [3.8, 4) is 0 Å². The van der Waals surface area contributed by atoms with Crippen molar-refractivity contribution >= 4 is 28.9 Å². The van der Waals surface area contributed by atoms with E-state index in [0.717, 1.165) is 21.9 Å². The Morgan fingerprint density at radius 2 is 1.90 bits per heavy atom. The van der Waals surface area contributed by atoms with Gasteiger partial charge in [0, 0.05) is 13.5 Å². The van der Waals surface area contributed by atoms with Crippen LogP contribution in [-0.4, -0.2) is 46.9 Å². The van der Waals surface area contributed by atoms with E-state index in [1.165, 1.54) is 11.8 Å². The van der Waals surface area contributed by atoms with E-state index in [2.05, 4.69) is 6.58 Å². The highest BCUT2D eigenvalue weighted by atomic mass is 16.6. The first-order valence-electron chi connectivity index (χ1n) is 9.91. The van der Waals surface area contributed by atoms with Gasteiger partial charge in [-0.25, -0.2) is 9.59 Å². The van der Waals surface area contributed by atoms with Crippen LogP contribution >= 0.6 is 0 Å². The Bertz CT molecular complexity index is 1010. The molecule has 0 spiro atoms. The number of benzene rings is 2. The van der Waals surface area contributed by atoms with E-state index in [4.69, 9.17) is 9.47 Å². The van der Waals surface area contributed by atoms with E-state index in [9.17, 15) is 14.7 Å². The lowest BCUT2D eigenvalue weighted by atomic mass is 9.84. The molecule has 30 heavy (non-hydrogen) atoms. The van der Waals surface area contributed by atoms with Crippen molar-refractivity contribution in [2.24, 2.45) is 0 Å². The zero-order chi connectivity index (χ0) is 22.3. The van der Waals surface area contributed by atoms with E-state index < -0.39 is 28.8 Å². The first-order chi connectivity index (χ1) is 14.0. The van der Waals surface area contributed by atoms with E-state index in [0.29, 0.717) is 0 Å². The van der Waals surface area contributed by atoms with Gasteiger partial charge in [-0.3, -0.25) is 4.90 Å². The number of fused-ring (bicyclic) bond motifs is 1. The molecule has 1 aliphatic rings.